The minimum atomic E-state index is -0.464. The maximum Gasteiger partial charge on any atom is 0.407 e. The molecule has 1 amide bonds. The van der Waals surface area contributed by atoms with Gasteiger partial charge in [0.2, 0.25) is 0 Å². The minimum absolute atomic E-state index is 0.420. The first kappa shape index (κ1) is 16.7. The summed E-state index contributed by atoms with van der Waals surface area (Å²) in [5, 5.41) is 3.43. The van der Waals surface area contributed by atoms with Crippen molar-refractivity contribution in [3.8, 4) is 0 Å². The Morgan fingerprint density at radius 2 is 1.71 bits per heavy atom. The van der Waals surface area contributed by atoms with Crippen LogP contribution in [0.3, 0.4) is 0 Å². The molecule has 0 bridgehead atoms. The Morgan fingerprint density at radius 3 is 2.24 bits per heavy atom. The van der Waals surface area contributed by atoms with Crippen molar-refractivity contribution in [1.29, 1.82) is 0 Å². The minimum Gasteiger partial charge on any atom is -0.444 e. The molecule has 0 rings (SSSR count). The molecule has 0 aliphatic rings. The average Bonchev–Trinajstić information content (AvgIpc) is 2.19. The van der Waals surface area contributed by atoms with E-state index in [2.05, 4.69) is 21.2 Å². The second-order valence-corrected chi connectivity index (χ2v) is 5.14. The van der Waals surface area contributed by atoms with E-state index in [4.69, 9.17) is 14.2 Å². The lowest BCUT2D eigenvalue weighted by molar-refractivity contribution is 0.0425. The molecule has 6 heteroatoms. The first-order valence-corrected chi connectivity index (χ1v) is 6.76. The van der Waals surface area contributed by atoms with Crippen LogP contribution in [-0.2, 0) is 14.2 Å². The molecular formula is C11H22BrNO4. The fourth-order valence-electron chi connectivity index (χ4n) is 0.916. The number of carbonyl (C=O) groups is 1. The van der Waals surface area contributed by atoms with E-state index in [1.54, 1.807) is 0 Å². The first-order chi connectivity index (χ1) is 7.95. The van der Waals surface area contributed by atoms with Gasteiger partial charge in [-0.3, -0.25) is 0 Å². The van der Waals surface area contributed by atoms with Gasteiger partial charge in [0.1, 0.15) is 5.60 Å². The summed E-state index contributed by atoms with van der Waals surface area (Å²) in [6, 6.07) is 0. The number of nitrogens with one attached hydrogen (secondary N) is 1. The first-order valence-electron chi connectivity index (χ1n) is 5.64. The summed E-state index contributed by atoms with van der Waals surface area (Å²) >= 11 is 3.26. The van der Waals surface area contributed by atoms with E-state index < -0.39 is 11.7 Å². The third-order valence-electron chi connectivity index (χ3n) is 1.51. The fraction of sp³-hybridized carbons (Fsp3) is 0.909. The molecule has 0 radical (unpaired) electrons. The van der Waals surface area contributed by atoms with E-state index in [1.807, 2.05) is 20.8 Å². The van der Waals surface area contributed by atoms with Gasteiger partial charge in [0, 0.05) is 11.9 Å². The monoisotopic (exact) mass is 311 g/mol. The van der Waals surface area contributed by atoms with Gasteiger partial charge in [-0.15, -0.1) is 0 Å². The number of halogens is 1. The summed E-state index contributed by atoms with van der Waals surface area (Å²) in [4.78, 5) is 11.2. The Labute approximate surface area is 111 Å². The Bertz CT molecular complexity index is 206. The summed E-state index contributed by atoms with van der Waals surface area (Å²) in [7, 11) is 0. The molecule has 0 aromatic rings. The maximum absolute atomic E-state index is 11.2. The molecule has 17 heavy (non-hydrogen) atoms. The largest absolute Gasteiger partial charge is 0.444 e. The van der Waals surface area contributed by atoms with Gasteiger partial charge in [0.15, 0.2) is 0 Å². The average molecular weight is 312 g/mol. The normalized spacial score (nSPS) is 11.3. The zero-order valence-corrected chi connectivity index (χ0v) is 12.3. The van der Waals surface area contributed by atoms with Crippen LogP contribution in [0.25, 0.3) is 0 Å². The number of hydrogen-bond acceptors (Lipinski definition) is 4. The van der Waals surface area contributed by atoms with E-state index in [9.17, 15) is 4.79 Å². The van der Waals surface area contributed by atoms with Crippen molar-refractivity contribution in [2.75, 3.05) is 38.3 Å². The van der Waals surface area contributed by atoms with Crippen molar-refractivity contribution in [3.63, 3.8) is 0 Å². The van der Waals surface area contributed by atoms with Gasteiger partial charge in [-0.25, -0.2) is 4.79 Å². The van der Waals surface area contributed by atoms with Crippen LogP contribution >= 0.6 is 15.9 Å². The van der Waals surface area contributed by atoms with Gasteiger partial charge in [0.05, 0.1) is 26.4 Å². The quantitative estimate of drug-likeness (QED) is 0.550. The summed E-state index contributed by atoms with van der Waals surface area (Å²) in [6.45, 7) is 8.14. The summed E-state index contributed by atoms with van der Waals surface area (Å²) in [5.74, 6) is 0. The predicted molar refractivity (Wildman–Crippen MR) is 69.7 cm³/mol. The highest BCUT2D eigenvalue weighted by molar-refractivity contribution is 9.09. The highest BCUT2D eigenvalue weighted by Crippen LogP contribution is 2.05. The van der Waals surface area contributed by atoms with Gasteiger partial charge in [-0.2, -0.15) is 0 Å². The number of carbonyl (C=O) groups excluding carboxylic acids is 1. The van der Waals surface area contributed by atoms with Crippen LogP contribution in [0.4, 0.5) is 4.79 Å². The van der Waals surface area contributed by atoms with Gasteiger partial charge in [0.25, 0.3) is 0 Å². The van der Waals surface area contributed by atoms with E-state index in [1.165, 1.54) is 0 Å². The molecule has 0 aliphatic heterocycles. The van der Waals surface area contributed by atoms with E-state index in [0.717, 1.165) is 5.33 Å². The second-order valence-electron chi connectivity index (χ2n) is 4.34. The topological polar surface area (TPSA) is 56.8 Å². The van der Waals surface area contributed by atoms with Crippen LogP contribution in [-0.4, -0.2) is 50.0 Å². The zero-order valence-electron chi connectivity index (χ0n) is 10.8. The highest BCUT2D eigenvalue weighted by atomic mass is 79.9. The standard InChI is InChI=1S/C11H22BrNO4/c1-11(2,3)17-10(14)13-5-7-16-9-8-15-6-4-12/h4-9H2,1-3H3,(H,13,14). The van der Waals surface area contributed by atoms with Crippen LogP contribution in [0, 0.1) is 0 Å². The number of ether oxygens (including phenoxy) is 3. The molecule has 1 N–H and O–H groups in total. The van der Waals surface area contributed by atoms with E-state index in [0.29, 0.717) is 33.0 Å². The third kappa shape index (κ3) is 13.6. The van der Waals surface area contributed by atoms with Crippen LogP contribution in [0.15, 0.2) is 0 Å². The maximum atomic E-state index is 11.2. The third-order valence-corrected chi connectivity index (χ3v) is 1.83. The molecule has 0 aromatic heterocycles. The molecule has 0 saturated carbocycles. The smallest absolute Gasteiger partial charge is 0.407 e. The Kier molecular flexibility index (Phi) is 9.49. The van der Waals surface area contributed by atoms with E-state index >= 15 is 0 Å². The lowest BCUT2D eigenvalue weighted by Crippen LogP contribution is -2.34. The van der Waals surface area contributed by atoms with Crippen molar-refractivity contribution in [1.82, 2.24) is 5.32 Å². The predicted octanol–water partition coefficient (Wildman–Crippen LogP) is 1.94. The molecule has 0 heterocycles. The molecule has 0 saturated heterocycles. The second kappa shape index (κ2) is 9.67. The Hall–Kier alpha value is -0.330. The lowest BCUT2D eigenvalue weighted by atomic mass is 10.2. The Balaban J connectivity index is 3.25. The van der Waals surface area contributed by atoms with Crippen molar-refractivity contribution in [3.05, 3.63) is 0 Å². The number of amides is 1. The molecule has 0 atom stereocenters. The number of hydrogen-bond donors (Lipinski definition) is 1. The molecule has 0 fully saturated rings. The molecule has 0 aliphatic carbocycles. The van der Waals surface area contributed by atoms with Crippen LogP contribution < -0.4 is 5.32 Å². The number of alkyl halides is 1. The van der Waals surface area contributed by atoms with Gasteiger partial charge in [-0.05, 0) is 20.8 Å². The molecular weight excluding hydrogens is 290 g/mol. The van der Waals surface area contributed by atoms with Crippen molar-refractivity contribution in [2.24, 2.45) is 0 Å². The summed E-state index contributed by atoms with van der Waals surface area (Å²) < 4.78 is 15.5. The van der Waals surface area contributed by atoms with Gasteiger partial charge in [-0.1, -0.05) is 15.9 Å². The molecule has 0 aromatic carbocycles. The number of alkyl carbamates (subject to hydrolysis) is 1. The van der Waals surface area contributed by atoms with Gasteiger partial charge < -0.3 is 19.5 Å². The lowest BCUT2D eigenvalue weighted by Gasteiger charge is -2.19. The number of rotatable bonds is 8. The zero-order chi connectivity index (χ0) is 13.1. The summed E-state index contributed by atoms with van der Waals surface area (Å²) in [5.41, 5.74) is -0.464. The molecule has 0 spiro atoms. The molecule has 102 valence electrons. The summed E-state index contributed by atoms with van der Waals surface area (Å²) in [6.07, 6.45) is -0.420. The van der Waals surface area contributed by atoms with Crippen molar-refractivity contribution in [2.45, 2.75) is 26.4 Å². The van der Waals surface area contributed by atoms with E-state index in [-0.39, 0.29) is 0 Å². The molecule has 5 nitrogen and oxygen atoms in total. The van der Waals surface area contributed by atoms with Gasteiger partial charge >= 0.3 is 6.09 Å². The van der Waals surface area contributed by atoms with Crippen LogP contribution in [0.1, 0.15) is 20.8 Å². The highest BCUT2D eigenvalue weighted by Gasteiger charge is 2.15. The van der Waals surface area contributed by atoms with Crippen molar-refractivity contribution < 1.29 is 19.0 Å². The Morgan fingerprint density at radius 1 is 1.12 bits per heavy atom. The fourth-order valence-corrected chi connectivity index (χ4v) is 1.14. The molecule has 0 unspecified atom stereocenters. The van der Waals surface area contributed by atoms with Crippen molar-refractivity contribution >= 4 is 22.0 Å². The van der Waals surface area contributed by atoms with Crippen LogP contribution in [0.2, 0.25) is 0 Å². The van der Waals surface area contributed by atoms with Crippen LogP contribution in [0.5, 0.6) is 0 Å². The SMILES string of the molecule is CC(C)(C)OC(=O)NCCOCCOCCBr.